The van der Waals surface area contributed by atoms with E-state index in [1.807, 2.05) is 6.92 Å². The molecule has 9 heteroatoms. The maximum Gasteiger partial charge on any atom is 0.306 e. The number of fused-ring (bicyclic) bond motifs is 1. The molecule has 0 amide bonds. The maximum absolute atomic E-state index is 13.4. The molecule has 0 atom stereocenters. The molecule has 0 aliphatic heterocycles. The predicted octanol–water partition coefficient (Wildman–Crippen LogP) is 2.99. The molecule has 0 aliphatic carbocycles. The molecule has 8 nitrogen and oxygen atoms in total. The fourth-order valence-electron chi connectivity index (χ4n) is 2.43. The standard InChI is InChI=1S/C16H14FN5O3/c1-2-7-21-14(23)6-3-10-9-18-16(20-15(10)21)19-11-4-5-12(17)13(8-11)22(24)25/h3-6,8-9H,2,7H2,1H3,(H,18,19,20). The Kier molecular flexibility index (Phi) is 4.38. The summed E-state index contributed by atoms with van der Waals surface area (Å²) in [5, 5.41) is 14.3. The third-order valence-electron chi connectivity index (χ3n) is 3.57. The first-order valence-electron chi connectivity index (χ1n) is 7.57. The molecular formula is C16H14FN5O3. The van der Waals surface area contributed by atoms with Crippen LogP contribution in [-0.2, 0) is 6.54 Å². The van der Waals surface area contributed by atoms with Gasteiger partial charge in [-0.3, -0.25) is 19.5 Å². The average molecular weight is 343 g/mol. The van der Waals surface area contributed by atoms with Gasteiger partial charge >= 0.3 is 5.69 Å². The number of benzene rings is 1. The van der Waals surface area contributed by atoms with Gasteiger partial charge in [0, 0.05) is 35.9 Å². The second-order valence-electron chi connectivity index (χ2n) is 5.34. The van der Waals surface area contributed by atoms with Gasteiger partial charge in [-0.25, -0.2) is 4.98 Å². The first-order chi connectivity index (χ1) is 12.0. The molecule has 3 rings (SSSR count). The maximum atomic E-state index is 13.4. The lowest BCUT2D eigenvalue weighted by molar-refractivity contribution is -0.387. The summed E-state index contributed by atoms with van der Waals surface area (Å²) in [5.74, 6) is -0.768. The van der Waals surface area contributed by atoms with Gasteiger partial charge < -0.3 is 5.32 Å². The smallest absolute Gasteiger partial charge is 0.306 e. The van der Waals surface area contributed by atoms with Crippen molar-refractivity contribution in [2.45, 2.75) is 19.9 Å². The highest BCUT2D eigenvalue weighted by Gasteiger charge is 2.15. The van der Waals surface area contributed by atoms with E-state index in [-0.39, 0.29) is 17.2 Å². The first kappa shape index (κ1) is 16.5. The molecule has 25 heavy (non-hydrogen) atoms. The molecule has 1 N–H and O–H groups in total. The van der Waals surface area contributed by atoms with Crippen molar-refractivity contribution in [1.82, 2.24) is 14.5 Å². The molecule has 1 aromatic carbocycles. The second kappa shape index (κ2) is 6.63. The molecule has 0 fully saturated rings. The van der Waals surface area contributed by atoms with Crippen LogP contribution in [0.5, 0.6) is 0 Å². The number of nitro benzene ring substituents is 1. The Morgan fingerprint density at radius 1 is 1.32 bits per heavy atom. The van der Waals surface area contributed by atoms with Crippen LogP contribution in [0.25, 0.3) is 11.0 Å². The summed E-state index contributed by atoms with van der Waals surface area (Å²) in [6, 6.07) is 6.50. The van der Waals surface area contributed by atoms with Gasteiger partial charge in [0.1, 0.15) is 5.65 Å². The van der Waals surface area contributed by atoms with Crippen molar-refractivity contribution >= 4 is 28.4 Å². The van der Waals surface area contributed by atoms with E-state index >= 15 is 0 Å². The Labute approximate surface area is 141 Å². The number of rotatable bonds is 5. The average Bonchev–Trinajstić information content (AvgIpc) is 2.59. The number of hydrogen-bond acceptors (Lipinski definition) is 6. The quantitative estimate of drug-likeness (QED) is 0.564. The van der Waals surface area contributed by atoms with Gasteiger partial charge in [-0.05, 0) is 24.6 Å². The summed E-state index contributed by atoms with van der Waals surface area (Å²) < 4.78 is 14.9. The summed E-state index contributed by atoms with van der Waals surface area (Å²) in [7, 11) is 0. The van der Waals surface area contributed by atoms with Crippen LogP contribution in [0, 0.1) is 15.9 Å². The third-order valence-corrected chi connectivity index (χ3v) is 3.57. The Balaban J connectivity index is 2.02. The minimum absolute atomic E-state index is 0.156. The predicted molar refractivity (Wildman–Crippen MR) is 90.4 cm³/mol. The van der Waals surface area contributed by atoms with Crippen LogP contribution < -0.4 is 10.9 Å². The summed E-state index contributed by atoms with van der Waals surface area (Å²) in [6.45, 7) is 2.46. The van der Waals surface area contributed by atoms with E-state index in [4.69, 9.17) is 0 Å². The number of aromatic nitrogens is 3. The lowest BCUT2D eigenvalue weighted by Crippen LogP contribution is -2.20. The van der Waals surface area contributed by atoms with Crippen LogP contribution in [-0.4, -0.2) is 19.5 Å². The third kappa shape index (κ3) is 3.30. The molecule has 0 radical (unpaired) electrons. The van der Waals surface area contributed by atoms with E-state index in [1.165, 1.54) is 16.7 Å². The van der Waals surface area contributed by atoms with E-state index in [0.29, 0.717) is 17.6 Å². The monoisotopic (exact) mass is 343 g/mol. The van der Waals surface area contributed by atoms with Crippen molar-refractivity contribution in [2.75, 3.05) is 5.32 Å². The van der Waals surface area contributed by atoms with Crippen molar-refractivity contribution in [3.63, 3.8) is 0 Å². The van der Waals surface area contributed by atoms with E-state index in [1.54, 1.807) is 12.3 Å². The molecule has 128 valence electrons. The van der Waals surface area contributed by atoms with Gasteiger partial charge in [0.15, 0.2) is 0 Å². The van der Waals surface area contributed by atoms with Gasteiger partial charge in [0.05, 0.1) is 4.92 Å². The van der Waals surface area contributed by atoms with E-state index < -0.39 is 16.4 Å². The molecule has 0 unspecified atom stereocenters. The zero-order valence-electron chi connectivity index (χ0n) is 13.3. The van der Waals surface area contributed by atoms with Crippen LogP contribution >= 0.6 is 0 Å². The fourth-order valence-corrected chi connectivity index (χ4v) is 2.43. The Morgan fingerprint density at radius 2 is 2.12 bits per heavy atom. The molecular weight excluding hydrogens is 329 g/mol. The highest BCUT2D eigenvalue weighted by atomic mass is 19.1. The van der Waals surface area contributed by atoms with Crippen molar-refractivity contribution < 1.29 is 9.31 Å². The van der Waals surface area contributed by atoms with E-state index in [2.05, 4.69) is 15.3 Å². The van der Waals surface area contributed by atoms with Crippen LogP contribution in [0.1, 0.15) is 13.3 Å². The Hall–Kier alpha value is -3.36. The number of aryl methyl sites for hydroxylation is 1. The number of pyridine rings is 1. The SMILES string of the molecule is CCCn1c(=O)ccc2cnc(Nc3ccc(F)c([N+](=O)[O-])c3)nc21. The van der Waals surface area contributed by atoms with Gasteiger partial charge in [-0.1, -0.05) is 6.92 Å². The molecule has 2 aromatic heterocycles. The zero-order chi connectivity index (χ0) is 18.0. The Morgan fingerprint density at radius 3 is 2.84 bits per heavy atom. The van der Waals surface area contributed by atoms with Crippen LogP contribution in [0.2, 0.25) is 0 Å². The lowest BCUT2D eigenvalue weighted by Gasteiger charge is -2.10. The van der Waals surface area contributed by atoms with Gasteiger partial charge in [0.25, 0.3) is 5.56 Å². The summed E-state index contributed by atoms with van der Waals surface area (Å²) in [5.41, 5.74) is -0.0821. The normalized spacial score (nSPS) is 10.8. The number of nitrogens with zero attached hydrogens (tertiary/aromatic N) is 4. The summed E-state index contributed by atoms with van der Waals surface area (Å²) in [4.78, 5) is 30.5. The van der Waals surface area contributed by atoms with Gasteiger partial charge in [0.2, 0.25) is 11.8 Å². The van der Waals surface area contributed by atoms with E-state index in [0.717, 1.165) is 18.6 Å². The topological polar surface area (TPSA) is 103 Å². The number of anilines is 2. The lowest BCUT2D eigenvalue weighted by atomic mass is 10.2. The summed E-state index contributed by atoms with van der Waals surface area (Å²) in [6.07, 6.45) is 2.31. The minimum Gasteiger partial charge on any atom is -0.324 e. The molecule has 0 saturated heterocycles. The molecule has 3 aromatic rings. The van der Waals surface area contributed by atoms with Crippen molar-refractivity contribution in [3.05, 3.63) is 62.8 Å². The molecule has 2 heterocycles. The number of halogens is 1. The van der Waals surface area contributed by atoms with Crippen LogP contribution in [0.15, 0.2) is 41.3 Å². The van der Waals surface area contributed by atoms with Crippen LogP contribution in [0.4, 0.5) is 21.7 Å². The second-order valence-corrected chi connectivity index (χ2v) is 5.34. The largest absolute Gasteiger partial charge is 0.324 e. The Bertz CT molecular complexity index is 1020. The molecule has 0 spiro atoms. The molecule has 0 bridgehead atoms. The first-order valence-corrected chi connectivity index (χ1v) is 7.57. The van der Waals surface area contributed by atoms with E-state index in [9.17, 15) is 19.3 Å². The molecule has 0 saturated carbocycles. The van der Waals surface area contributed by atoms with Gasteiger partial charge in [-0.2, -0.15) is 9.37 Å². The van der Waals surface area contributed by atoms with Crippen molar-refractivity contribution in [2.24, 2.45) is 0 Å². The highest BCUT2D eigenvalue weighted by molar-refractivity contribution is 5.75. The number of nitro groups is 1. The number of nitrogens with one attached hydrogen (secondary N) is 1. The van der Waals surface area contributed by atoms with Crippen molar-refractivity contribution in [1.29, 1.82) is 0 Å². The number of hydrogen-bond donors (Lipinski definition) is 1. The van der Waals surface area contributed by atoms with Crippen LogP contribution in [0.3, 0.4) is 0 Å². The van der Waals surface area contributed by atoms with Crippen molar-refractivity contribution in [3.8, 4) is 0 Å². The minimum atomic E-state index is -0.924. The fraction of sp³-hybridized carbons (Fsp3) is 0.188. The zero-order valence-corrected chi connectivity index (χ0v) is 13.3. The molecule has 0 aliphatic rings. The highest BCUT2D eigenvalue weighted by Crippen LogP contribution is 2.23. The van der Waals surface area contributed by atoms with Gasteiger partial charge in [-0.15, -0.1) is 0 Å². The summed E-state index contributed by atoms with van der Waals surface area (Å²) >= 11 is 0.